The number of aliphatic hydroxyl groups is 2. The van der Waals surface area contributed by atoms with Gasteiger partial charge < -0.3 is 34.5 Å². The third-order valence-electron chi connectivity index (χ3n) is 10.8. The Hall–Kier alpha value is -3.11. The lowest BCUT2D eigenvalue weighted by atomic mass is 9.81. The predicted octanol–water partition coefficient (Wildman–Crippen LogP) is 5.87. The van der Waals surface area contributed by atoms with Crippen molar-refractivity contribution in [3.63, 3.8) is 0 Å². The van der Waals surface area contributed by atoms with Crippen molar-refractivity contribution in [2.75, 3.05) is 13.2 Å². The maximum absolute atomic E-state index is 13.0. The molecule has 3 aliphatic rings. The van der Waals surface area contributed by atoms with E-state index in [9.17, 15) is 15.0 Å². The molecule has 3 aromatic carbocycles. The van der Waals surface area contributed by atoms with E-state index in [-0.39, 0.29) is 12.5 Å². The molecule has 3 aromatic rings. The first kappa shape index (κ1) is 34.7. The van der Waals surface area contributed by atoms with Gasteiger partial charge in [0.2, 0.25) is 5.91 Å². The Labute approximate surface area is 284 Å². The molecule has 8 nitrogen and oxygen atoms in total. The minimum absolute atomic E-state index is 0.0366. The molecule has 1 spiro atoms. The van der Waals surface area contributed by atoms with E-state index >= 15 is 0 Å². The summed E-state index contributed by atoms with van der Waals surface area (Å²) in [6.45, 7) is 3.36. The molecule has 0 bridgehead atoms. The van der Waals surface area contributed by atoms with E-state index in [0.717, 1.165) is 55.2 Å². The van der Waals surface area contributed by atoms with E-state index in [4.69, 9.17) is 18.9 Å². The van der Waals surface area contributed by atoms with E-state index in [1.165, 1.54) is 6.92 Å². The fourth-order valence-corrected chi connectivity index (χ4v) is 8.39. The van der Waals surface area contributed by atoms with Crippen molar-refractivity contribution in [1.82, 2.24) is 5.32 Å². The van der Waals surface area contributed by atoms with Gasteiger partial charge in [-0.05, 0) is 48.8 Å². The van der Waals surface area contributed by atoms with E-state index < -0.39 is 41.0 Å². The highest BCUT2D eigenvalue weighted by Gasteiger charge is 2.95. The highest BCUT2D eigenvalue weighted by atomic mass is 16.6. The minimum Gasteiger partial charge on any atom is -0.383 e. The van der Waals surface area contributed by atoms with Crippen molar-refractivity contribution in [3.8, 4) is 0 Å². The van der Waals surface area contributed by atoms with Gasteiger partial charge in [-0.15, -0.1) is 0 Å². The van der Waals surface area contributed by atoms with Crippen LogP contribution in [0.1, 0.15) is 75.0 Å². The molecule has 0 aliphatic heterocycles. The molecule has 8 heteroatoms. The van der Waals surface area contributed by atoms with E-state index in [1.807, 2.05) is 91.0 Å². The normalized spacial score (nSPS) is 28.9. The van der Waals surface area contributed by atoms with Crippen LogP contribution in [0.25, 0.3) is 0 Å². The number of hydrogen-bond acceptors (Lipinski definition) is 7. The van der Waals surface area contributed by atoms with Gasteiger partial charge in [-0.3, -0.25) is 4.79 Å². The van der Waals surface area contributed by atoms with Crippen molar-refractivity contribution in [3.05, 3.63) is 108 Å². The summed E-state index contributed by atoms with van der Waals surface area (Å²) in [5.74, 6) is -0.0366. The average Bonchev–Trinajstić information content (AvgIpc) is 3.53. The van der Waals surface area contributed by atoms with Crippen molar-refractivity contribution >= 4 is 5.91 Å². The average molecular weight is 658 g/mol. The van der Waals surface area contributed by atoms with E-state index in [2.05, 4.69) is 5.32 Å². The van der Waals surface area contributed by atoms with Crippen LogP contribution in [0.3, 0.4) is 0 Å². The maximum atomic E-state index is 13.0. The largest absolute Gasteiger partial charge is 0.383 e. The van der Waals surface area contributed by atoms with Crippen LogP contribution in [0.4, 0.5) is 0 Å². The highest BCUT2D eigenvalue weighted by molar-refractivity contribution is 5.72. The number of carbonyl (C=O) groups is 1. The molecule has 3 saturated carbocycles. The van der Waals surface area contributed by atoms with Gasteiger partial charge in [0, 0.05) is 25.5 Å². The first-order valence-corrected chi connectivity index (χ1v) is 17.7. The predicted molar refractivity (Wildman–Crippen MR) is 183 cm³/mol. The fourth-order valence-electron chi connectivity index (χ4n) is 8.39. The number of fused-ring (bicyclic) bond motifs is 3. The van der Waals surface area contributed by atoms with Crippen LogP contribution in [-0.4, -0.2) is 64.9 Å². The van der Waals surface area contributed by atoms with Crippen LogP contribution < -0.4 is 5.32 Å². The van der Waals surface area contributed by atoms with Crippen LogP contribution >= 0.6 is 0 Å². The number of hydrogen-bond donors (Lipinski definition) is 3. The molecule has 48 heavy (non-hydrogen) atoms. The van der Waals surface area contributed by atoms with Crippen molar-refractivity contribution in [2.45, 2.75) is 114 Å². The van der Waals surface area contributed by atoms with Gasteiger partial charge >= 0.3 is 0 Å². The first-order valence-electron chi connectivity index (χ1n) is 17.7. The molecule has 0 heterocycles. The summed E-state index contributed by atoms with van der Waals surface area (Å²) in [7, 11) is 0. The Balaban J connectivity index is 1.34. The Morgan fingerprint density at radius 1 is 0.646 bits per heavy atom. The molecule has 6 rings (SSSR count). The molecule has 3 fully saturated rings. The number of carbonyl (C=O) groups excluding carboxylic acids is 1. The number of benzene rings is 3. The van der Waals surface area contributed by atoms with Gasteiger partial charge in [0.1, 0.15) is 35.6 Å². The summed E-state index contributed by atoms with van der Waals surface area (Å²) in [6.07, 6.45) is 3.53. The molecule has 0 aromatic heterocycles. The van der Waals surface area contributed by atoms with Crippen LogP contribution in [0.2, 0.25) is 0 Å². The van der Waals surface area contributed by atoms with Gasteiger partial charge in [-0.1, -0.05) is 110 Å². The van der Waals surface area contributed by atoms with Gasteiger partial charge in [0.05, 0.1) is 19.8 Å². The second-order valence-corrected chi connectivity index (χ2v) is 13.8. The number of ether oxygens (including phenoxy) is 4. The summed E-state index contributed by atoms with van der Waals surface area (Å²) >= 11 is 0. The number of nitrogens with one attached hydrogen (secondary N) is 1. The summed E-state index contributed by atoms with van der Waals surface area (Å²) in [5, 5.41) is 28.7. The third kappa shape index (κ3) is 6.84. The molecule has 258 valence electrons. The molecule has 3 aliphatic carbocycles. The Morgan fingerprint density at radius 3 is 1.58 bits per heavy atom. The van der Waals surface area contributed by atoms with Crippen molar-refractivity contribution in [1.29, 1.82) is 0 Å². The highest BCUT2D eigenvalue weighted by Crippen LogP contribution is 2.77. The fraction of sp³-hybridized carbons (Fsp3) is 0.525. The first-order chi connectivity index (χ1) is 23.4. The SMILES string of the molecule is CC(=O)NCCCCCOC1C(OCc2ccccc2)C(OCc2ccccc2)C(OCc2ccccc2)C2(O)C3(CCCCC3)C12O. The topological polar surface area (TPSA) is 106 Å². The molecule has 1 amide bonds. The zero-order valence-electron chi connectivity index (χ0n) is 28.1. The number of rotatable bonds is 16. The molecule has 0 radical (unpaired) electrons. The van der Waals surface area contributed by atoms with Gasteiger partial charge in [-0.2, -0.15) is 0 Å². The van der Waals surface area contributed by atoms with Crippen LogP contribution in [0.15, 0.2) is 91.0 Å². The lowest BCUT2D eigenvalue weighted by molar-refractivity contribution is -0.272. The molecule has 0 saturated heterocycles. The second kappa shape index (κ2) is 15.6. The second-order valence-electron chi connectivity index (χ2n) is 13.8. The third-order valence-corrected chi connectivity index (χ3v) is 10.8. The van der Waals surface area contributed by atoms with Gasteiger partial charge in [-0.25, -0.2) is 0 Å². The summed E-state index contributed by atoms with van der Waals surface area (Å²) < 4.78 is 27.0. The molecule has 6 unspecified atom stereocenters. The lowest BCUT2D eigenvalue weighted by Crippen LogP contribution is -2.66. The standard InChI is InChI=1S/C40H51NO7/c1-30(42)41-25-15-6-16-26-45-36-34(46-27-31-17-7-2-8-18-31)35(47-28-32-19-9-3-10-20-32)37(48-29-33-21-11-4-12-22-33)40(44)38(39(36,40)43)23-13-5-14-24-38/h2-4,7-12,17-22,34-37,43-44H,5-6,13-16,23-29H2,1H3,(H,41,42). The zero-order valence-corrected chi connectivity index (χ0v) is 28.1. The monoisotopic (exact) mass is 657 g/mol. The van der Waals surface area contributed by atoms with Crippen molar-refractivity contribution < 1.29 is 34.0 Å². The van der Waals surface area contributed by atoms with Crippen LogP contribution in [-0.2, 0) is 43.6 Å². The maximum Gasteiger partial charge on any atom is 0.216 e. The van der Waals surface area contributed by atoms with Crippen LogP contribution in [0, 0.1) is 5.41 Å². The smallest absolute Gasteiger partial charge is 0.216 e. The van der Waals surface area contributed by atoms with E-state index in [1.54, 1.807) is 0 Å². The minimum atomic E-state index is -1.58. The lowest BCUT2D eigenvalue weighted by Gasteiger charge is -2.46. The summed E-state index contributed by atoms with van der Waals surface area (Å²) in [4.78, 5) is 11.3. The van der Waals surface area contributed by atoms with Crippen LogP contribution in [0.5, 0.6) is 0 Å². The number of unbranched alkanes of at least 4 members (excludes halogenated alkanes) is 2. The van der Waals surface area contributed by atoms with E-state index in [0.29, 0.717) is 39.2 Å². The summed E-state index contributed by atoms with van der Waals surface area (Å²) in [6, 6.07) is 29.8. The Kier molecular flexibility index (Phi) is 11.3. The molecule has 6 atom stereocenters. The van der Waals surface area contributed by atoms with Gasteiger partial charge in [0.25, 0.3) is 0 Å². The number of amides is 1. The summed E-state index contributed by atoms with van der Waals surface area (Å²) in [5.41, 5.74) is -0.994. The molecular weight excluding hydrogens is 606 g/mol. The Bertz CT molecular complexity index is 1430. The molecular formula is C40H51NO7. The Morgan fingerprint density at radius 2 is 1.10 bits per heavy atom. The quantitative estimate of drug-likeness (QED) is 0.165. The zero-order chi connectivity index (χ0) is 33.5. The molecule has 3 N–H and O–H groups in total. The van der Waals surface area contributed by atoms with Gasteiger partial charge in [0.15, 0.2) is 0 Å². The van der Waals surface area contributed by atoms with Crippen molar-refractivity contribution in [2.24, 2.45) is 5.41 Å².